The molecule has 2 heterocycles. The predicted octanol–water partition coefficient (Wildman–Crippen LogP) is 3.70. The van der Waals surface area contributed by atoms with Crippen LogP contribution in [0, 0.1) is 19.8 Å². The molecule has 2 aromatic rings. The molecule has 0 spiro atoms. The first-order valence-electron chi connectivity index (χ1n) is 9.63. The number of piperidine rings is 1. The highest BCUT2D eigenvalue weighted by Gasteiger charge is 2.25. The summed E-state index contributed by atoms with van der Waals surface area (Å²) in [5.74, 6) is 0.421. The third-order valence-electron chi connectivity index (χ3n) is 5.42. The lowest BCUT2D eigenvalue weighted by atomic mass is 9.96. The van der Waals surface area contributed by atoms with Crippen LogP contribution in [-0.4, -0.2) is 47.6 Å². The highest BCUT2D eigenvalue weighted by atomic mass is 32.2. The summed E-state index contributed by atoms with van der Waals surface area (Å²) in [6, 6.07) is 9.44. The summed E-state index contributed by atoms with van der Waals surface area (Å²) < 4.78 is 0. The Hall–Kier alpha value is -2.34. The van der Waals surface area contributed by atoms with E-state index in [0.717, 1.165) is 23.4 Å². The van der Waals surface area contributed by atoms with Crippen LogP contribution in [0.1, 0.15) is 44.7 Å². The maximum absolute atomic E-state index is 12.8. The van der Waals surface area contributed by atoms with Crippen molar-refractivity contribution in [3.05, 3.63) is 58.8 Å². The van der Waals surface area contributed by atoms with Gasteiger partial charge in [0.1, 0.15) is 5.03 Å². The van der Waals surface area contributed by atoms with Gasteiger partial charge in [0.25, 0.3) is 11.8 Å². The van der Waals surface area contributed by atoms with Gasteiger partial charge in [-0.05, 0) is 74.3 Å². The smallest absolute Gasteiger partial charge is 0.256 e. The maximum atomic E-state index is 12.8. The van der Waals surface area contributed by atoms with E-state index in [9.17, 15) is 9.59 Å². The second-order valence-corrected chi connectivity index (χ2v) is 8.10. The van der Waals surface area contributed by atoms with Crippen molar-refractivity contribution in [3.8, 4) is 0 Å². The van der Waals surface area contributed by atoms with E-state index in [1.807, 2.05) is 55.3 Å². The highest BCUT2D eigenvalue weighted by Crippen LogP contribution is 2.23. The van der Waals surface area contributed by atoms with Gasteiger partial charge in [0.15, 0.2) is 0 Å². The van der Waals surface area contributed by atoms with Gasteiger partial charge in [0.05, 0.1) is 5.56 Å². The molecule has 2 amide bonds. The van der Waals surface area contributed by atoms with E-state index in [-0.39, 0.29) is 11.8 Å². The number of pyridine rings is 1. The zero-order chi connectivity index (χ0) is 20.1. The number of benzene rings is 1. The fraction of sp³-hybridized carbons (Fsp3) is 0.409. The molecule has 0 saturated carbocycles. The average molecular weight is 398 g/mol. The van der Waals surface area contributed by atoms with Gasteiger partial charge in [-0.25, -0.2) is 4.98 Å². The molecule has 5 nitrogen and oxygen atoms in total. The molecule has 1 aromatic heterocycles. The third kappa shape index (κ3) is 4.73. The number of aromatic nitrogens is 1. The van der Waals surface area contributed by atoms with Crippen LogP contribution in [-0.2, 0) is 0 Å². The number of likely N-dealkylation sites (tertiary alicyclic amines) is 1. The summed E-state index contributed by atoms with van der Waals surface area (Å²) >= 11 is 1.49. The molecule has 1 aromatic carbocycles. The van der Waals surface area contributed by atoms with Crippen LogP contribution in [0.2, 0.25) is 0 Å². The van der Waals surface area contributed by atoms with Crippen molar-refractivity contribution in [2.75, 3.05) is 25.9 Å². The van der Waals surface area contributed by atoms with Gasteiger partial charge in [-0.15, -0.1) is 11.8 Å². The topological polar surface area (TPSA) is 62.3 Å². The molecule has 0 unspecified atom stereocenters. The van der Waals surface area contributed by atoms with Gasteiger partial charge in [-0.2, -0.15) is 0 Å². The minimum absolute atomic E-state index is 0.0263. The number of nitrogens with zero attached hydrogens (tertiary/aromatic N) is 2. The van der Waals surface area contributed by atoms with Gasteiger partial charge < -0.3 is 10.2 Å². The molecule has 1 fully saturated rings. The average Bonchev–Trinajstić information content (AvgIpc) is 2.73. The van der Waals surface area contributed by atoms with Gasteiger partial charge >= 0.3 is 0 Å². The number of aryl methyl sites for hydroxylation is 2. The second-order valence-electron chi connectivity index (χ2n) is 7.30. The van der Waals surface area contributed by atoms with E-state index in [2.05, 4.69) is 10.3 Å². The fourth-order valence-corrected chi connectivity index (χ4v) is 3.99. The Bertz CT molecular complexity index is 861. The molecular weight excluding hydrogens is 370 g/mol. The minimum atomic E-state index is -0.0263. The molecule has 28 heavy (non-hydrogen) atoms. The lowest BCUT2D eigenvalue weighted by Gasteiger charge is -2.32. The van der Waals surface area contributed by atoms with Crippen LogP contribution in [0.25, 0.3) is 0 Å². The van der Waals surface area contributed by atoms with Crippen LogP contribution < -0.4 is 5.32 Å². The van der Waals surface area contributed by atoms with E-state index in [0.29, 0.717) is 36.7 Å². The molecule has 1 N–H and O–H groups in total. The Morgan fingerprint density at radius 2 is 1.93 bits per heavy atom. The number of carbonyl (C=O) groups is 2. The lowest BCUT2D eigenvalue weighted by molar-refractivity contribution is 0.0680. The summed E-state index contributed by atoms with van der Waals surface area (Å²) in [7, 11) is 0. The zero-order valence-electron chi connectivity index (χ0n) is 16.7. The first-order chi connectivity index (χ1) is 13.5. The van der Waals surface area contributed by atoms with Crippen LogP contribution in [0.3, 0.4) is 0 Å². The number of nitrogens with one attached hydrogen (secondary N) is 1. The van der Waals surface area contributed by atoms with Gasteiger partial charge in [0.2, 0.25) is 0 Å². The SMILES string of the molecule is CSc1ncccc1C(=O)N1CCC(CNC(=O)c2ccc(C)c(C)c2)CC1. The van der Waals surface area contributed by atoms with E-state index in [4.69, 9.17) is 0 Å². The van der Waals surface area contributed by atoms with Crippen LogP contribution >= 0.6 is 11.8 Å². The molecule has 3 rings (SSSR count). The maximum Gasteiger partial charge on any atom is 0.256 e. The Kier molecular flexibility index (Phi) is 6.73. The van der Waals surface area contributed by atoms with E-state index < -0.39 is 0 Å². The molecular formula is C22H27N3O2S. The summed E-state index contributed by atoms with van der Waals surface area (Å²) in [5, 5.41) is 3.83. The van der Waals surface area contributed by atoms with Crippen LogP contribution in [0.5, 0.6) is 0 Å². The van der Waals surface area contributed by atoms with Crippen molar-refractivity contribution < 1.29 is 9.59 Å². The summed E-state index contributed by atoms with van der Waals surface area (Å²) in [5.41, 5.74) is 3.69. The van der Waals surface area contributed by atoms with Gasteiger partial charge in [-0.3, -0.25) is 9.59 Å². The number of hydrogen-bond donors (Lipinski definition) is 1. The summed E-state index contributed by atoms with van der Waals surface area (Å²) in [6.45, 7) is 6.14. The van der Waals surface area contributed by atoms with Crippen molar-refractivity contribution in [3.63, 3.8) is 0 Å². The molecule has 1 saturated heterocycles. The second kappa shape index (κ2) is 9.24. The zero-order valence-corrected chi connectivity index (χ0v) is 17.5. The Balaban J connectivity index is 1.50. The fourth-order valence-electron chi connectivity index (χ4n) is 3.45. The van der Waals surface area contributed by atoms with E-state index in [1.54, 1.807) is 6.20 Å². The minimum Gasteiger partial charge on any atom is -0.352 e. The number of thioether (sulfide) groups is 1. The normalized spacial score (nSPS) is 14.8. The molecule has 148 valence electrons. The van der Waals surface area contributed by atoms with E-state index in [1.165, 1.54) is 17.3 Å². The standard InChI is InChI=1S/C22H27N3O2S/c1-15-6-7-18(13-16(15)2)20(26)24-14-17-8-11-25(12-9-17)22(27)19-5-4-10-23-21(19)28-3/h4-7,10,13,17H,8-9,11-12,14H2,1-3H3,(H,24,26). The highest BCUT2D eigenvalue weighted by molar-refractivity contribution is 7.98. The third-order valence-corrected chi connectivity index (χ3v) is 6.13. The monoisotopic (exact) mass is 397 g/mol. The molecule has 0 aliphatic carbocycles. The van der Waals surface area contributed by atoms with Gasteiger partial charge in [-0.1, -0.05) is 6.07 Å². The van der Waals surface area contributed by atoms with Crippen molar-refractivity contribution in [1.82, 2.24) is 15.2 Å². The van der Waals surface area contributed by atoms with Crippen LogP contribution in [0.4, 0.5) is 0 Å². The Morgan fingerprint density at radius 3 is 2.61 bits per heavy atom. The summed E-state index contributed by atoms with van der Waals surface area (Å²) in [4.78, 5) is 31.4. The number of rotatable bonds is 5. The predicted molar refractivity (Wildman–Crippen MR) is 113 cm³/mol. The largest absolute Gasteiger partial charge is 0.352 e. The van der Waals surface area contributed by atoms with E-state index >= 15 is 0 Å². The quantitative estimate of drug-likeness (QED) is 0.782. The van der Waals surface area contributed by atoms with Crippen molar-refractivity contribution in [1.29, 1.82) is 0 Å². The summed E-state index contributed by atoms with van der Waals surface area (Å²) in [6.07, 6.45) is 5.44. The molecule has 1 aliphatic rings. The number of hydrogen-bond acceptors (Lipinski definition) is 4. The molecule has 0 atom stereocenters. The lowest BCUT2D eigenvalue weighted by Crippen LogP contribution is -2.41. The first kappa shape index (κ1) is 20.4. The molecule has 1 aliphatic heterocycles. The molecule has 0 bridgehead atoms. The molecule has 0 radical (unpaired) electrons. The number of amides is 2. The van der Waals surface area contributed by atoms with Crippen molar-refractivity contribution >= 4 is 23.6 Å². The van der Waals surface area contributed by atoms with Crippen LogP contribution in [0.15, 0.2) is 41.6 Å². The van der Waals surface area contributed by atoms with Crippen molar-refractivity contribution in [2.24, 2.45) is 5.92 Å². The first-order valence-corrected chi connectivity index (χ1v) is 10.9. The molecule has 6 heteroatoms. The Labute approximate surface area is 170 Å². The Morgan fingerprint density at radius 1 is 1.18 bits per heavy atom. The van der Waals surface area contributed by atoms with Gasteiger partial charge in [0, 0.05) is 31.4 Å². The number of carbonyl (C=O) groups excluding carboxylic acids is 2. The van der Waals surface area contributed by atoms with Crippen molar-refractivity contribution in [2.45, 2.75) is 31.7 Å².